The maximum Gasteiger partial charge on any atom is 0.128 e. The molecule has 0 aliphatic carbocycles. The molecular formula is C24H29ClN2O. The van der Waals surface area contributed by atoms with Crippen LogP contribution in [0.2, 0.25) is 5.02 Å². The standard InChI is InChI=1S/C24H29ClN2O/c1-27-23-10-3-2-8-21(23)22(9-4-6-18-7-5-15-26-16-18)24(27)17-28-20-13-11-19(25)12-14-20/h2-3,8,10-14,18,26H,4-7,9,15-17H2,1H3. The lowest BCUT2D eigenvalue weighted by Gasteiger charge is -2.22. The number of hydrogen-bond acceptors (Lipinski definition) is 2. The molecule has 28 heavy (non-hydrogen) atoms. The molecule has 1 aliphatic rings. The number of para-hydroxylation sites is 1. The van der Waals surface area contributed by atoms with E-state index in [4.69, 9.17) is 16.3 Å². The molecule has 0 radical (unpaired) electrons. The SMILES string of the molecule is Cn1c(COc2ccc(Cl)cc2)c(CCCC2CCCNC2)c2ccccc21. The van der Waals surface area contributed by atoms with Crippen molar-refractivity contribution in [3.63, 3.8) is 0 Å². The van der Waals surface area contributed by atoms with E-state index in [0.29, 0.717) is 6.61 Å². The minimum absolute atomic E-state index is 0.577. The summed E-state index contributed by atoms with van der Waals surface area (Å²) in [5.41, 5.74) is 4.00. The van der Waals surface area contributed by atoms with Gasteiger partial charge in [0.15, 0.2) is 0 Å². The summed E-state index contributed by atoms with van der Waals surface area (Å²) in [4.78, 5) is 0. The largest absolute Gasteiger partial charge is 0.487 e. The van der Waals surface area contributed by atoms with E-state index in [2.05, 4.69) is 41.2 Å². The number of piperidine rings is 1. The normalized spacial score (nSPS) is 17.1. The highest BCUT2D eigenvalue weighted by Gasteiger charge is 2.17. The van der Waals surface area contributed by atoms with E-state index in [1.807, 2.05) is 24.3 Å². The average molecular weight is 397 g/mol. The van der Waals surface area contributed by atoms with Gasteiger partial charge in [-0.2, -0.15) is 0 Å². The highest BCUT2D eigenvalue weighted by atomic mass is 35.5. The first-order valence-electron chi connectivity index (χ1n) is 10.4. The van der Waals surface area contributed by atoms with E-state index in [-0.39, 0.29) is 0 Å². The summed E-state index contributed by atoms with van der Waals surface area (Å²) in [6.07, 6.45) is 6.33. The van der Waals surface area contributed by atoms with Crippen LogP contribution in [0.5, 0.6) is 5.75 Å². The average Bonchev–Trinajstić information content (AvgIpc) is 3.00. The second kappa shape index (κ2) is 9.02. The van der Waals surface area contributed by atoms with Gasteiger partial charge in [0.05, 0.1) is 5.69 Å². The van der Waals surface area contributed by atoms with Gasteiger partial charge in [0, 0.05) is 23.0 Å². The van der Waals surface area contributed by atoms with Crippen LogP contribution in [0.3, 0.4) is 0 Å². The molecule has 1 aliphatic heterocycles. The molecule has 4 rings (SSSR count). The number of nitrogens with one attached hydrogen (secondary N) is 1. The van der Waals surface area contributed by atoms with E-state index in [1.165, 1.54) is 60.9 Å². The van der Waals surface area contributed by atoms with Crippen molar-refractivity contribution in [3.8, 4) is 5.75 Å². The number of halogens is 1. The monoisotopic (exact) mass is 396 g/mol. The van der Waals surface area contributed by atoms with E-state index < -0.39 is 0 Å². The fourth-order valence-corrected chi connectivity index (χ4v) is 4.53. The smallest absolute Gasteiger partial charge is 0.128 e. The molecule has 2 heterocycles. The Morgan fingerprint density at radius 2 is 1.96 bits per heavy atom. The van der Waals surface area contributed by atoms with E-state index in [1.54, 1.807) is 0 Å². The summed E-state index contributed by atoms with van der Waals surface area (Å²) in [7, 11) is 2.15. The van der Waals surface area contributed by atoms with Gasteiger partial charge in [0.2, 0.25) is 0 Å². The lowest BCUT2D eigenvalue weighted by Crippen LogP contribution is -2.29. The third-order valence-corrected chi connectivity index (χ3v) is 6.22. The van der Waals surface area contributed by atoms with Crippen molar-refractivity contribution < 1.29 is 4.74 Å². The Bertz CT molecular complexity index is 910. The molecule has 1 fully saturated rings. The molecule has 3 aromatic rings. The molecule has 0 amide bonds. The number of benzene rings is 2. The van der Waals surface area contributed by atoms with Crippen LogP contribution in [-0.4, -0.2) is 17.7 Å². The third-order valence-electron chi connectivity index (χ3n) is 5.97. The number of aryl methyl sites for hydroxylation is 2. The lowest BCUT2D eigenvalue weighted by molar-refractivity contribution is 0.296. The first-order chi connectivity index (χ1) is 13.7. The van der Waals surface area contributed by atoms with Gasteiger partial charge in [-0.3, -0.25) is 0 Å². The van der Waals surface area contributed by atoms with Crippen LogP contribution in [-0.2, 0) is 20.1 Å². The zero-order valence-corrected chi connectivity index (χ0v) is 17.3. The Morgan fingerprint density at radius 3 is 2.75 bits per heavy atom. The lowest BCUT2D eigenvalue weighted by atomic mass is 9.92. The van der Waals surface area contributed by atoms with Crippen LogP contribution in [0.15, 0.2) is 48.5 Å². The van der Waals surface area contributed by atoms with Gasteiger partial charge in [-0.15, -0.1) is 0 Å². The Balaban J connectivity index is 1.51. The number of fused-ring (bicyclic) bond motifs is 1. The summed E-state index contributed by atoms with van der Waals surface area (Å²) in [5, 5.41) is 5.63. The van der Waals surface area contributed by atoms with Crippen molar-refractivity contribution in [1.29, 1.82) is 0 Å². The molecule has 0 saturated carbocycles. The van der Waals surface area contributed by atoms with Gasteiger partial charge in [0.1, 0.15) is 12.4 Å². The maximum absolute atomic E-state index is 6.10. The molecule has 4 heteroatoms. The van der Waals surface area contributed by atoms with Crippen molar-refractivity contribution in [2.24, 2.45) is 13.0 Å². The molecule has 3 nitrogen and oxygen atoms in total. The topological polar surface area (TPSA) is 26.2 Å². The Labute approximate surface area is 172 Å². The van der Waals surface area contributed by atoms with Gasteiger partial charge in [-0.1, -0.05) is 29.8 Å². The van der Waals surface area contributed by atoms with Gasteiger partial charge >= 0.3 is 0 Å². The van der Waals surface area contributed by atoms with Gasteiger partial charge in [-0.25, -0.2) is 0 Å². The summed E-state index contributed by atoms with van der Waals surface area (Å²) in [6.45, 7) is 2.95. The van der Waals surface area contributed by atoms with E-state index in [0.717, 1.165) is 23.1 Å². The van der Waals surface area contributed by atoms with Gasteiger partial charge in [0.25, 0.3) is 0 Å². The minimum atomic E-state index is 0.577. The van der Waals surface area contributed by atoms with E-state index >= 15 is 0 Å². The Hall–Kier alpha value is -1.97. The quantitative estimate of drug-likeness (QED) is 0.551. The van der Waals surface area contributed by atoms with Crippen LogP contribution in [0.25, 0.3) is 10.9 Å². The molecule has 1 unspecified atom stereocenters. The highest BCUT2D eigenvalue weighted by molar-refractivity contribution is 6.30. The molecule has 1 saturated heterocycles. The number of aromatic nitrogens is 1. The summed E-state index contributed by atoms with van der Waals surface area (Å²) in [6, 6.07) is 16.3. The molecule has 148 valence electrons. The van der Waals surface area contributed by atoms with Gasteiger partial charge < -0.3 is 14.6 Å². The van der Waals surface area contributed by atoms with Crippen LogP contribution in [0.4, 0.5) is 0 Å². The molecular weight excluding hydrogens is 368 g/mol. The predicted octanol–water partition coefficient (Wildman–Crippen LogP) is 5.73. The maximum atomic E-state index is 6.10. The van der Waals surface area contributed by atoms with Crippen molar-refractivity contribution in [3.05, 3.63) is 64.8 Å². The first kappa shape index (κ1) is 19.4. The fourth-order valence-electron chi connectivity index (χ4n) is 4.41. The number of ether oxygens (including phenoxy) is 1. The Morgan fingerprint density at radius 1 is 1.14 bits per heavy atom. The van der Waals surface area contributed by atoms with Crippen molar-refractivity contribution in [2.75, 3.05) is 13.1 Å². The van der Waals surface area contributed by atoms with Crippen LogP contribution in [0, 0.1) is 5.92 Å². The molecule has 1 atom stereocenters. The zero-order valence-electron chi connectivity index (χ0n) is 16.6. The molecule has 1 aromatic heterocycles. The number of rotatable bonds is 7. The van der Waals surface area contributed by atoms with Crippen LogP contribution >= 0.6 is 11.6 Å². The highest BCUT2D eigenvalue weighted by Crippen LogP contribution is 2.29. The van der Waals surface area contributed by atoms with Gasteiger partial charge in [-0.05, 0) is 87.0 Å². The van der Waals surface area contributed by atoms with Crippen molar-refractivity contribution in [1.82, 2.24) is 9.88 Å². The zero-order chi connectivity index (χ0) is 19.3. The molecule has 0 spiro atoms. The minimum Gasteiger partial charge on any atom is -0.487 e. The van der Waals surface area contributed by atoms with Crippen molar-refractivity contribution >= 4 is 22.5 Å². The van der Waals surface area contributed by atoms with E-state index in [9.17, 15) is 0 Å². The summed E-state index contributed by atoms with van der Waals surface area (Å²) >= 11 is 5.99. The third kappa shape index (κ3) is 4.37. The van der Waals surface area contributed by atoms with Crippen LogP contribution < -0.4 is 10.1 Å². The molecule has 1 N–H and O–H groups in total. The number of hydrogen-bond donors (Lipinski definition) is 1. The molecule has 2 aromatic carbocycles. The van der Waals surface area contributed by atoms with Crippen LogP contribution in [0.1, 0.15) is 36.9 Å². The van der Waals surface area contributed by atoms with Crippen molar-refractivity contribution in [2.45, 2.75) is 38.7 Å². The fraction of sp³-hybridized carbons (Fsp3) is 0.417. The summed E-state index contributed by atoms with van der Waals surface area (Å²) in [5.74, 6) is 1.69. The first-order valence-corrected chi connectivity index (χ1v) is 10.7. The Kier molecular flexibility index (Phi) is 6.23. The second-order valence-electron chi connectivity index (χ2n) is 7.85. The summed E-state index contributed by atoms with van der Waals surface area (Å²) < 4.78 is 8.40. The number of nitrogens with zero attached hydrogens (tertiary/aromatic N) is 1. The molecule has 0 bridgehead atoms. The second-order valence-corrected chi connectivity index (χ2v) is 8.29. The predicted molar refractivity (Wildman–Crippen MR) is 117 cm³/mol.